The number of alkyl halides is 1. The third-order valence-corrected chi connectivity index (χ3v) is 11.4. The van der Waals surface area contributed by atoms with Crippen LogP contribution in [0.2, 0.25) is 0 Å². The molecule has 7 atom stereocenters. The van der Waals surface area contributed by atoms with E-state index >= 15 is 0 Å². The Bertz CT molecular complexity index is 1910. The number of benzene rings is 5. The van der Waals surface area contributed by atoms with Gasteiger partial charge in [0.05, 0.1) is 40.1 Å². The van der Waals surface area contributed by atoms with Gasteiger partial charge < -0.3 is 28.4 Å². The maximum absolute atomic E-state index is 14.4. The summed E-state index contributed by atoms with van der Waals surface area (Å²) in [7, 11) is 1.45. The topological polar surface area (TPSA) is 75.7 Å². The average Bonchev–Trinajstić information content (AvgIpc) is 3.23. The first kappa shape index (κ1) is 40.3. The predicted octanol–water partition coefficient (Wildman–Crippen LogP) is 8.35. The number of nitrogens with zero attached hydrogens (tertiary/aromatic N) is 1. The van der Waals surface area contributed by atoms with E-state index in [0.29, 0.717) is 39.3 Å². The average molecular weight is 868 g/mol. The Hall–Kier alpha value is -3.94. The van der Waals surface area contributed by atoms with Crippen LogP contribution < -0.4 is 0 Å². The molecule has 7 rings (SSSR count). The molecule has 2 aliphatic rings. The third kappa shape index (κ3) is 10.1. The Morgan fingerprint density at radius 2 is 1.09 bits per heavy atom. The van der Waals surface area contributed by atoms with Crippen molar-refractivity contribution in [3.05, 3.63) is 179 Å². The molecule has 5 aromatic rings. The number of methoxy groups -OCH3 is 1. The lowest BCUT2D eigenvalue weighted by Crippen LogP contribution is -2.77. The number of piperidine rings is 1. The van der Waals surface area contributed by atoms with Gasteiger partial charge in [0.15, 0.2) is 0 Å². The second-order valence-electron chi connectivity index (χ2n) is 14.5. The molecule has 5 aromatic carbocycles. The Morgan fingerprint density at radius 1 is 0.643 bits per heavy atom. The van der Waals surface area contributed by atoms with E-state index in [2.05, 4.69) is 51.8 Å². The van der Waals surface area contributed by atoms with Crippen LogP contribution in [0.4, 0.5) is 0 Å². The van der Waals surface area contributed by atoms with Gasteiger partial charge in [0.25, 0.3) is 0 Å². The summed E-state index contributed by atoms with van der Waals surface area (Å²) in [6.07, 6.45) is -2.17. The zero-order chi connectivity index (χ0) is 38.6. The molecule has 0 bridgehead atoms. The summed E-state index contributed by atoms with van der Waals surface area (Å²) in [6.45, 7) is 2.67. The van der Waals surface area contributed by atoms with E-state index in [0.717, 1.165) is 27.8 Å². The molecule has 0 aliphatic carbocycles. The van der Waals surface area contributed by atoms with Crippen molar-refractivity contribution in [3.8, 4) is 0 Å². The quantitative estimate of drug-likeness (QED) is 0.0557. The van der Waals surface area contributed by atoms with Gasteiger partial charge in [-0.1, -0.05) is 174 Å². The number of hydrogen-bond acceptors (Lipinski definition) is 8. The summed E-state index contributed by atoms with van der Waals surface area (Å²) in [4.78, 5) is 16.6. The zero-order valence-corrected chi connectivity index (χ0v) is 33.9. The van der Waals surface area contributed by atoms with Gasteiger partial charge in [0.2, 0.25) is 0 Å². The summed E-state index contributed by atoms with van der Waals surface area (Å²) in [6, 6.07) is 49.8. The van der Waals surface area contributed by atoms with Gasteiger partial charge >= 0.3 is 5.97 Å². The molecule has 8 nitrogen and oxygen atoms in total. The normalized spacial score (nSPS) is 25.2. The minimum absolute atomic E-state index is 0.0995. The first-order valence-electron chi connectivity index (χ1n) is 19.3. The first-order chi connectivity index (χ1) is 27.5. The molecule has 0 radical (unpaired) electrons. The van der Waals surface area contributed by atoms with Crippen molar-refractivity contribution in [3.63, 3.8) is 0 Å². The van der Waals surface area contributed by atoms with Crippen LogP contribution in [0.5, 0.6) is 0 Å². The van der Waals surface area contributed by atoms with Gasteiger partial charge in [-0.3, -0.25) is 9.69 Å². The minimum Gasteiger partial charge on any atom is -0.468 e. The highest BCUT2D eigenvalue weighted by Crippen LogP contribution is 2.47. The second kappa shape index (κ2) is 20.0. The molecule has 0 N–H and O–H groups in total. The number of carbonyl (C=O) groups is 1. The monoisotopic (exact) mass is 867 g/mol. The van der Waals surface area contributed by atoms with E-state index in [1.165, 1.54) is 7.11 Å². The van der Waals surface area contributed by atoms with Crippen LogP contribution in [0.25, 0.3) is 0 Å². The first-order valence-corrected chi connectivity index (χ1v) is 20.5. The standard InChI is InChI=1S/C47H50INO7/c1-51-46(50)44-47(27-40(48)29-49(44)28-35-17-7-2-8-18-35)45(55-33-39-25-15-6-16-26-39)43(54-32-38-23-13-5-14-24-38)42(53-31-37-21-11-4-12-22-37)41(56-47)34-52-30-36-19-9-3-10-20-36/h2-26,40-45H,27-34H2,1H3/t40?,41?,42-,43?,44-,45?,47+/m1/s1. The lowest BCUT2D eigenvalue weighted by Gasteiger charge is -2.59. The number of likely N-dealkylation sites (tertiary alicyclic amines) is 1. The van der Waals surface area contributed by atoms with Crippen LogP contribution in [0.15, 0.2) is 152 Å². The van der Waals surface area contributed by atoms with E-state index in [4.69, 9.17) is 28.4 Å². The van der Waals surface area contributed by atoms with Crippen molar-refractivity contribution in [2.75, 3.05) is 20.3 Å². The fourth-order valence-electron chi connectivity index (χ4n) is 8.00. The summed E-state index contributed by atoms with van der Waals surface area (Å²) in [5.41, 5.74) is 3.95. The third-order valence-electron chi connectivity index (χ3n) is 10.5. The van der Waals surface area contributed by atoms with Crippen LogP contribution in [0.3, 0.4) is 0 Å². The lowest BCUT2D eigenvalue weighted by molar-refractivity contribution is -0.326. The summed E-state index contributed by atoms with van der Waals surface area (Å²) in [5, 5.41) is 0. The van der Waals surface area contributed by atoms with E-state index < -0.39 is 36.1 Å². The minimum atomic E-state index is -1.21. The molecule has 0 amide bonds. The summed E-state index contributed by atoms with van der Waals surface area (Å²) < 4.78 is 40.9. The molecular weight excluding hydrogens is 817 g/mol. The predicted molar refractivity (Wildman–Crippen MR) is 224 cm³/mol. The Kier molecular flexibility index (Phi) is 14.4. The molecule has 56 heavy (non-hydrogen) atoms. The molecule has 292 valence electrons. The highest BCUT2D eigenvalue weighted by molar-refractivity contribution is 14.1. The number of halogens is 1. The van der Waals surface area contributed by atoms with Gasteiger partial charge in [-0.15, -0.1) is 0 Å². The largest absolute Gasteiger partial charge is 0.468 e. The summed E-state index contributed by atoms with van der Waals surface area (Å²) in [5.74, 6) is -0.382. The van der Waals surface area contributed by atoms with Gasteiger partial charge in [-0.2, -0.15) is 0 Å². The number of hydrogen-bond donors (Lipinski definition) is 0. The summed E-state index contributed by atoms with van der Waals surface area (Å²) >= 11 is 2.50. The van der Waals surface area contributed by atoms with E-state index in [-0.39, 0.29) is 23.1 Å². The van der Waals surface area contributed by atoms with Crippen molar-refractivity contribution >= 4 is 28.6 Å². The zero-order valence-electron chi connectivity index (χ0n) is 31.7. The van der Waals surface area contributed by atoms with E-state index in [1.807, 2.05) is 127 Å². The van der Waals surface area contributed by atoms with Crippen molar-refractivity contribution < 1.29 is 33.2 Å². The van der Waals surface area contributed by atoms with Crippen molar-refractivity contribution in [1.29, 1.82) is 0 Å². The number of carbonyl (C=O) groups excluding carboxylic acids is 1. The maximum Gasteiger partial charge on any atom is 0.326 e. The molecule has 2 aliphatic heterocycles. The Balaban J connectivity index is 1.33. The SMILES string of the molecule is COC(=O)[C@H]1N(Cc2ccccc2)CC(I)C[C@]12OC(COCc1ccccc1)[C@@H](OCc1ccccc1)C(OCc1ccccc1)C2OCc1ccccc1. The van der Waals surface area contributed by atoms with Gasteiger partial charge in [0, 0.05) is 17.0 Å². The molecular formula is C47H50INO7. The van der Waals surface area contributed by atoms with Crippen LogP contribution >= 0.6 is 22.6 Å². The molecule has 2 saturated heterocycles. The molecule has 4 unspecified atom stereocenters. The number of esters is 1. The van der Waals surface area contributed by atoms with E-state index in [9.17, 15) is 4.79 Å². The molecule has 0 saturated carbocycles. The maximum atomic E-state index is 14.4. The highest BCUT2D eigenvalue weighted by atomic mass is 127. The van der Waals surface area contributed by atoms with Crippen LogP contribution in [0.1, 0.15) is 34.2 Å². The number of ether oxygens (including phenoxy) is 6. The lowest BCUT2D eigenvalue weighted by atomic mass is 9.73. The van der Waals surface area contributed by atoms with Gasteiger partial charge in [-0.25, -0.2) is 0 Å². The van der Waals surface area contributed by atoms with Gasteiger partial charge in [0.1, 0.15) is 36.1 Å². The molecule has 1 spiro atoms. The molecule has 2 fully saturated rings. The fraction of sp³-hybridized carbons (Fsp3) is 0.340. The Morgan fingerprint density at radius 3 is 1.59 bits per heavy atom. The molecule has 2 heterocycles. The van der Waals surface area contributed by atoms with Crippen LogP contribution in [-0.2, 0) is 66.2 Å². The van der Waals surface area contributed by atoms with Crippen LogP contribution in [0, 0.1) is 0 Å². The van der Waals surface area contributed by atoms with E-state index in [1.54, 1.807) is 0 Å². The van der Waals surface area contributed by atoms with Crippen LogP contribution in [-0.4, -0.2) is 71.1 Å². The van der Waals surface area contributed by atoms with Crippen molar-refractivity contribution in [2.45, 2.75) is 79.4 Å². The van der Waals surface area contributed by atoms with Crippen molar-refractivity contribution in [2.24, 2.45) is 0 Å². The molecule has 0 aromatic heterocycles. The number of rotatable bonds is 16. The fourth-order valence-corrected chi connectivity index (χ4v) is 9.19. The second-order valence-corrected chi connectivity index (χ2v) is 16.3. The molecule has 9 heteroatoms. The Labute approximate surface area is 344 Å². The highest BCUT2D eigenvalue weighted by Gasteiger charge is 2.65. The smallest absolute Gasteiger partial charge is 0.326 e. The van der Waals surface area contributed by atoms with Gasteiger partial charge in [-0.05, 0) is 34.2 Å². The van der Waals surface area contributed by atoms with Crippen molar-refractivity contribution in [1.82, 2.24) is 4.90 Å².